The number of benzene rings is 2. The summed E-state index contributed by atoms with van der Waals surface area (Å²) in [6, 6.07) is 8.28. The Kier molecular flexibility index (Phi) is 8.42. The van der Waals surface area contributed by atoms with Crippen molar-refractivity contribution in [3.8, 4) is 17.2 Å². The number of carbonyl (C=O) groups is 1. The molecular formula is C20H22Cl2N2O4. The molecule has 0 heterocycles. The maximum Gasteiger partial charge on any atom is 0.271 e. The maximum absolute atomic E-state index is 12.5. The third-order valence-corrected chi connectivity index (χ3v) is 4.19. The Balaban J connectivity index is 2.27. The number of rotatable bonds is 9. The third kappa shape index (κ3) is 5.53. The van der Waals surface area contributed by atoms with Gasteiger partial charge in [-0.2, -0.15) is 5.10 Å². The van der Waals surface area contributed by atoms with E-state index in [0.717, 1.165) is 0 Å². The Hall–Kier alpha value is -2.44. The Labute approximate surface area is 174 Å². The molecule has 0 saturated carbocycles. The van der Waals surface area contributed by atoms with E-state index in [9.17, 15) is 4.79 Å². The molecule has 0 aliphatic heterocycles. The summed E-state index contributed by atoms with van der Waals surface area (Å²) in [7, 11) is 0. The number of hydrogen-bond donors (Lipinski definition) is 1. The van der Waals surface area contributed by atoms with E-state index < -0.39 is 5.91 Å². The molecule has 150 valence electrons. The molecule has 1 N–H and O–H groups in total. The third-order valence-electron chi connectivity index (χ3n) is 3.53. The van der Waals surface area contributed by atoms with Crippen LogP contribution >= 0.6 is 23.2 Å². The number of amides is 1. The van der Waals surface area contributed by atoms with E-state index in [1.54, 1.807) is 30.3 Å². The fourth-order valence-corrected chi connectivity index (χ4v) is 2.87. The predicted molar refractivity (Wildman–Crippen MR) is 111 cm³/mol. The summed E-state index contributed by atoms with van der Waals surface area (Å²) in [5, 5.41) is 4.81. The average molecular weight is 425 g/mol. The lowest BCUT2D eigenvalue weighted by atomic mass is 10.1. The predicted octanol–water partition coefficient (Wildman–Crippen LogP) is 4.95. The van der Waals surface area contributed by atoms with Crippen molar-refractivity contribution < 1.29 is 19.0 Å². The van der Waals surface area contributed by atoms with E-state index >= 15 is 0 Å². The Morgan fingerprint density at radius 1 is 1.00 bits per heavy atom. The summed E-state index contributed by atoms with van der Waals surface area (Å²) in [5.41, 5.74) is 3.29. The molecule has 8 heteroatoms. The minimum atomic E-state index is -0.440. The molecule has 2 aromatic rings. The Morgan fingerprint density at radius 3 is 2.04 bits per heavy atom. The van der Waals surface area contributed by atoms with Gasteiger partial charge < -0.3 is 14.2 Å². The molecule has 0 aliphatic rings. The molecule has 0 atom stereocenters. The largest absolute Gasteiger partial charge is 0.490 e. The highest BCUT2D eigenvalue weighted by Gasteiger charge is 2.18. The first-order valence-electron chi connectivity index (χ1n) is 8.85. The van der Waals surface area contributed by atoms with Crippen molar-refractivity contribution in [2.24, 2.45) is 5.10 Å². The van der Waals surface area contributed by atoms with E-state index in [2.05, 4.69) is 10.5 Å². The second-order valence-corrected chi connectivity index (χ2v) is 6.25. The van der Waals surface area contributed by atoms with Gasteiger partial charge in [0.15, 0.2) is 11.5 Å². The second kappa shape index (κ2) is 10.8. The van der Waals surface area contributed by atoms with E-state index in [0.29, 0.717) is 58.2 Å². The molecule has 1 amide bonds. The van der Waals surface area contributed by atoms with E-state index in [4.69, 9.17) is 37.4 Å². The molecule has 0 unspecified atom stereocenters. The lowest BCUT2D eigenvalue weighted by Crippen LogP contribution is -2.18. The monoisotopic (exact) mass is 424 g/mol. The van der Waals surface area contributed by atoms with Crippen LogP contribution in [0, 0.1) is 0 Å². The standard InChI is InChI=1S/C20H22Cl2N2O4/c1-4-26-17-10-13(11-18(27-5-2)19(17)28-6-3)20(25)24-23-12-14-15(21)8-7-9-16(14)22/h7-12H,4-6H2,1-3H3,(H,24,25)/b23-12-. The highest BCUT2D eigenvalue weighted by Crippen LogP contribution is 2.39. The summed E-state index contributed by atoms with van der Waals surface area (Å²) in [5.74, 6) is 0.885. The van der Waals surface area contributed by atoms with Crippen LogP contribution in [0.1, 0.15) is 36.7 Å². The molecule has 6 nitrogen and oxygen atoms in total. The smallest absolute Gasteiger partial charge is 0.271 e. The quantitative estimate of drug-likeness (QED) is 0.456. The van der Waals surface area contributed by atoms with Crippen LogP contribution < -0.4 is 19.6 Å². The van der Waals surface area contributed by atoms with E-state index in [1.165, 1.54) is 6.21 Å². The van der Waals surface area contributed by atoms with Crippen molar-refractivity contribution in [1.82, 2.24) is 5.43 Å². The van der Waals surface area contributed by atoms with Crippen LogP contribution in [0.3, 0.4) is 0 Å². The van der Waals surface area contributed by atoms with Crippen LogP contribution in [0.15, 0.2) is 35.4 Å². The van der Waals surface area contributed by atoms with Gasteiger partial charge >= 0.3 is 0 Å². The van der Waals surface area contributed by atoms with Crippen LogP contribution in [0.25, 0.3) is 0 Å². The van der Waals surface area contributed by atoms with Gasteiger partial charge in [0, 0.05) is 11.1 Å². The molecule has 0 radical (unpaired) electrons. The lowest BCUT2D eigenvalue weighted by Gasteiger charge is -2.16. The van der Waals surface area contributed by atoms with Gasteiger partial charge in [-0.1, -0.05) is 29.3 Å². The first-order chi connectivity index (χ1) is 13.5. The molecule has 0 spiro atoms. The zero-order valence-corrected chi connectivity index (χ0v) is 17.4. The summed E-state index contributed by atoms with van der Waals surface area (Å²) >= 11 is 12.2. The number of hydrogen-bond acceptors (Lipinski definition) is 5. The highest BCUT2D eigenvalue weighted by molar-refractivity contribution is 6.38. The van der Waals surface area contributed by atoms with E-state index in [1.807, 2.05) is 20.8 Å². The van der Waals surface area contributed by atoms with Gasteiger partial charge in [-0.15, -0.1) is 0 Å². The topological polar surface area (TPSA) is 69.2 Å². The van der Waals surface area contributed by atoms with Crippen LogP contribution in [0.4, 0.5) is 0 Å². The molecule has 2 aromatic carbocycles. The fraction of sp³-hybridized carbons (Fsp3) is 0.300. The minimum Gasteiger partial charge on any atom is -0.490 e. The number of carbonyl (C=O) groups excluding carboxylic acids is 1. The van der Waals surface area contributed by atoms with Gasteiger partial charge in [0.25, 0.3) is 5.91 Å². The SMILES string of the molecule is CCOc1cc(C(=O)N/N=C\c2c(Cl)cccc2Cl)cc(OCC)c1OCC. The number of ether oxygens (including phenoxy) is 3. The van der Waals surface area contributed by atoms with Gasteiger partial charge in [-0.3, -0.25) is 4.79 Å². The fourth-order valence-electron chi connectivity index (χ4n) is 2.37. The van der Waals surface area contributed by atoms with Crippen LogP contribution in [-0.4, -0.2) is 31.9 Å². The van der Waals surface area contributed by atoms with Crippen molar-refractivity contribution in [3.05, 3.63) is 51.5 Å². The Morgan fingerprint density at radius 2 is 1.54 bits per heavy atom. The van der Waals surface area contributed by atoms with Crippen LogP contribution in [0.2, 0.25) is 10.0 Å². The first-order valence-corrected chi connectivity index (χ1v) is 9.61. The van der Waals surface area contributed by atoms with Gasteiger partial charge in [0.2, 0.25) is 5.75 Å². The zero-order chi connectivity index (χ0) is 20.5. The molecule has 0 aliphatic carbocycles. The molecule has 28 heavy (non-hydrogen) atoms. The number of halogens is 2. The summed E-state index contributed by atoms with van der Waals surface area (Å²) < 4.78 is 16.9. The highest BCUT2D eigenvalue weighted by atomic mass is 35.5. The minimum absolute atomic E-state index is 0.317. The van der Waals surface area contributed by atoms with Crippen LogP contribution in [0.5, 0.6) is 17.2 Å². The van der Waals surface area contributed by atoms with Crippen molar-refractivity contribution in [3.63, 3.8) is 0 Å². The number of nitrogens with zero attached hydrogens (tertiary/aromatic N) is 1. The average Bonchev–Trinajstić information content (AvgIpc) is 2.66. The van der Waals surface area contributed by atoms with Crippen molar-refractivity contribution >= 4 is 35.3 Å². The van der Waals surface area contributed by atoms with Gasteiger partial charge in [0.1, 0.15) is 0 Å². The van der Waals surface area contributed by atoms with Crippen molar-refractivity contribution in [1.29, 1.82) is 0 Å². The number of nitrogens with one attached hydrogen (secondary N) is 1. The molecule has 0 bridgehead atoms. The lowest BCUT2D eigenvalue weighted by molar-refractivity contribution is 0.0954. The maximum atomic E-state index is 12.5. The molecule has 0 aromatic heterocycles. The molecular weight excluding hydrogens is 403 g/mol. The summed E-state index contributed by atoms with van der Waals surface area (Å²) in [4.78, 5) is 12.5. The number of hydrazone groups is 1. The van der Waals surface area contributed by atoms with Gasteiger partial charge in [-0.25, -0.2) is 5.43 Å². The summed E-state index contributed by atoms with van der Waals surface area (Å²) in [6.45, 7) is 6.83. The summed E-state index contributed by atoms with van der Waals surface area (Å²) in [6.07, 6.45) is 1.39. The van der Waals surface area contributed by atoms with Crippen molar-refractivity contribution in [2.45, 2.75) is 20.8 Å². The first kappa shape index (κ1) is 21.9. The van der Waals surface area contributed by atoms with Crippen LogP contribution in [-0.2, 0) is 0 Å². The van der Waals surface area contributed by atoms with Gasteiger partial charge in [0.05, 0.1) is 36.1 Å². The second-order valence-electron chi connectivity index (χ2n) is 5.44. The molecule has 0 saturated heterocycles. The van der Waals surface area contributed by atoms with Crippen molar-refractivity contribution in [2.75, 3.05) is 19.8 Å². The Bertz CT molecular complexity index is 809. The van der Waals surface area contributed by atoms with E-state index in [-0.39, 0.29) is 0 Å². The molecule has 0 fully saturated rings. The zero-order valence-electron chi connectivity index (χ0n) is 15.9. The normalized spacial score (nSPS) is 10.8. The van der Waals surface area contributed by atoms with Gasteiger partial charge in [-0.05, 0) is 45.0 Å². The molecule has 2 rings (SSSR count).